The molecule has 6 heteroatoms. The van der Waals surface area contributed by atoms with E-state index >= 15 is 0 Å². The molecule has 0 amide bonds. The van der Waals surface area contributed by atoms with Crippen LogP contribution in [-0.4, -0.2) is 30.8 Å². The standard InChI is InChI=1S/C17H18O6/c1-3-20-9-12-11-6-4-5-7-13(11)22-15(12)17(19)23-14-8-10(2)21-16(14)18/h4-7,10,14H,3,8-9H2,1-2H3/t10-,14-/m0/s1. The highest BCUT2D eigenvalue weighted by Gasteiger charge is 2.36. The van der Waals surface area contributed by atoms with E-state index in [0.717, 1.165) is 5.39 Å². The Labute approximate surface area is 133 Å². The van der Waals surface area contributed by atoms with E-state index in [0.29, 0.717) is 24.2 Å². The third-order valence-corrected chi connectivity index (χ3v) is 3.71. The number of hydrogen-bond acceptors (Lipinski definition) is 6. The summed E-state index contributed by atoms with van der Waals surface area (Å²) in [5.74, 6) is -1.12. The van der Waals surface area contributed by atoms with Crippen LogP contribution in [0.15, 0.2) is 28.7 Å². The predicted octanol–water partition coefficient (Wildman–Crippen LogP) is 2.83. The highest BCUT2D eigenvalue weighted by molar-refractivity contribution is 5.97. The van der Waals surface area contributed by atoms with Crippen LogP contribution in [0, 0.1) is 0 Å². The molecule has 1 saturated heterocycles. The van der Waals surface area contributed by atoms with Gasteiger partial charge in [0.25, 0.3) is 0 Å². The van der Waals surface area contributed by atoms with Gasteiger partial charge in [0.1, 0.15) is 11.7 Å². The highest BCUT2D eigenvalue weighted by Crippen LogP contribution is 2.28. The number of fused-ring (bicyclic) bond motifs is 1. The largest absolute Gasteiger partial charge is 0.460 e. The number of esters is 2. The lowest BCUT2D eigenvalue weighted by Crippen LogP contribution is -2.23. The first kappa shape index (κ1) is 15.6. The predicted molar refractivity (Wildman–Crippen MR) is 80.9 cm³/mol. The maximum absolute atomic E-state index is 12.4. The van der Waals surface area contributed by atoms with Crippen molar-refractivity contribution >= 4 is 22.9 Å². The van der Waals surface area contributed by atoms with Gasteiger partial charge in [0.2, 0.25) is 11.9 Å². The monoisotopic (exact) mass is 318 g/mol. The third kappa shape index (κ3) is 3.07. The van der Waals surface area contributed by atoms with Crippen LogP contribution >= 0.6 is 0 Å². The summed E-state index contributed by atoms with van der Waals surface area (Å²) in [4.78, 5) is 24.1. The lowest BCUT2D eigenvalue weighted by atomic mass is 10.1. The van der Waals surface area contributed by atoms with E-state index in [4.69, 9.17) is 18.6 Å². The van der Waals surface area contributed by atoms with E-state index in [1.165, 1.54) is 0 Å². The number of carbonyl (C=O) groups is 2. The summed E-state index contributed by atoms with van der Waals surface area (Å²) in [7, 11) is 0. The lowest BCUT2D eigenvalue weighted by Gasteiger charge is -2.08. The molecular weight excluding hydrogens is 300 g/mol. The average Bonchev–Trinajstić information content (AvgIpc) is 3.05. The van der Waals surface area contributed by atoms with Crippen molar-refractivity contribution in [2.75, 3.05) is 6.61 Å². The minimum atomic E-state index is -0.884. The van der Waals surface area contributed by atoms with Gasteiger partial charge in [-0.3, -0.25) is 0 Å². The fraction of sp³-hybridized carbons (Fsp3) is 0.412. The summed E-state index contributed by atoms with van der Waals surface area (Å²) >= 11 is 0. The molecule has 1 aromatic heterocycles. The second-order valence-electron chi connectivity index (χ2n) is 5.42. The number of carbonyl (C=O) groups excluding carboxylic acids is 2. The summed E-state index contributed by atoms with van der Waals surface area (Å²) in [5.41, 5.74) is 1.21. The Morgan fingerprint density at radius 2 is 2.13 bits per heavy atom. The second kappa shape index (κ2) is 6.42. The molecule has 23 heavy (non-hydrogen) atoms. The minimum Gasteiger partial charge on any atom is -0.460 e. The van der Waals surface area contributed by atoms with Crippen molar-refractivity contribution in [3.63, 3.8) is 0 Å². The summed E-state index contributed by atoms with van der Waals surface area (Å²) in [5, 5.41) is 0.801. The molecule has 122 valence electrons. The van der Waals surface area contributed by atoms with Crippen LogP contribution in [0.1, 0.15) is 36.4 Å². The van der Waals surface area contributed by atoms with Crippen LogP contribution in [0.5, 0.6) is 0 Å². The molecule has 3 rings (SSSR count). The van der Waals surface area contributed by atoms with Crippen LogP contribution in [0.25, 0.3) is 11.0 Å². The molecule has 6 nitrogen and oxygen atoms in total. The van der Waals surface area contributed by atoms with E-state index in [-0.39, 0.29) is 18.5 Å². The van der Waals surface area contributed by atoms with Gasteiger partial charge in [0.15, 0.2) is 0 Å². The van der Waals surface area contributed by atoms with Crippen molar-refractivity contribution < 1.29 is 28.2 Å². The molecule has 1 aliphatic heterocycles. The van der Waals surface area contributed by atoms with Gasteiger partial charge in [0, 0.05) is 24.0 Å². The van der Waals surface area contributed by atoms with Crippen LogP contribution < -0.4 is 0 Å². The number of ether oxygens (including phenoxy) is 3. The zero-order valence-electron chi connectivity index (χ0n) is 13.0. The average molecular weight is 318 g/mol. The van der Waals surface area contributed by atoms with E-state index in [1.807, 2.05) is 25.1 Å². The number of benzene rings is 1. The Bertz CT molecular complexity index is 732. The Morgan fingerprint density at radius 3 is 2.83 bits per heavy atom. The first-order valence-electron chi connectivity index (χ1n) is 7.59. The second-order valence-corrected chi connectivity index (χ2v) is 5.42. The lowest BCUT2D eigenvalue weighted by molar-refractivity contribution is -0.147. The quantitative estimate of drug-likeness (QED) is 0.789. The molecular formula is C17H18O6. The van der Waals surface area contributed by atoms with Gasteiger partial charge in [-0.05, 0) is 19.9 Å². The van der Waals surface area contributed by atoms with Crippen molar-refractivity contribution in [3.05, 3.63) is 35.6 Å². The fourth-order valence-corrected chi connectivity index (χ4v) is 2.61. The van der Waals surface area contributed by atoms with Crippen LogP contribution in [0.4, 0.5) is 0 Å². The summed E-state index contributed by atoms with van der Waals surface area (Å²) in [6, 6.07) is 7.31. The van der Waals surface area contributed by atoms with E-state index in [2.05, 4.69) is 0 Å². The topological polar surface area (TPSA) is 75.0 Å². The number of rotatable bonds is 5. The van der Waals surface area contributed by atoms with Gasteiger partial charge in [-0.25, -0.2) is 9.59 Å². The Balaban J connectivity index is 1.88. The molecule has 1 aromatic carbocycles. The van der Waals surface area contributed by atoms with Crippen molar-refractivity contribution in [2.45, 2.75) is 39.1 Å². The molecule has 2 aromatic rings. The van der Waals surface area contributed by atoms with Gasteiger partial charge in [-0.1, -0.05) is 18.2 Å². The van der Waals surface area contributed by atoms with Gasteiger partial charge >= 0.3 is 11.9 Å². The molecule has 0 spiro atoms. The molecule has 0 unspecified atom stereocenters. The smallest absolute Gasteiger partial charge is 0.375 e. The zero-order chi connectivity index (χ0) is 16.4. The summed E-state index contributed by atoms with van der Waals surface area (Å²) < 4.78 is 21.3. The van der Waals surface area contributed by atoms with Crippen LogP contribution in [-0.2, 0) is 25.6 Å². The molecule has 0 radical (unpaired) electrons. The van der Waals surface area contributed by atoms with Crippen molar-refractivity contribution in [1.82, 2.24) is 0 Å². The van der Waals surface area contributed by atoms with Crippen LogP contribution in [0.2, 0.25) is 0 Å². The Hall–Kier alpha value is -2.34. The van der Waals surface area contributed by atoms with Crippen LogP contribution in [0.3, 0.4) is 0 Å². The number of para-hydroxylation sites is 1. The number of hydrogen-bond donors (Lipinski definition) is 0. The van der Waals surface area contributed by atoms with Crippen molar-refractivity contribution in [1.29, 1.82) is 0 Å². The van der Waals surface area contributed by atoms with Crippen molar-refractivity contribution in [3.8, 4) is 0 Å². The minimum absolute atomic E-state index is 0.0759. The maximum Gasteiger partial charge on any atom is 0.375 e. The fourth-order valence-electron chi connectivity index (χ4n) is 2.61. The molecule has 0 N–H and O–H groups in total. The molecule has 2 heterocycles. The first-order valence-corrected chi connectivity index (χ1v) is 7.59. The molecule has 1 fully saturated rings. The van der Waals surface area contributed by atoms with Gasteiger partial charge < -0.3 is 18.6 Å². The SMILES string of the molecule is CCOCc1c(C(=O)O[C@H]2C[C@H](C)OC2=O)oc2ccccc12. The maximum atomic E-state index is 12.4. The first-order chi connectivity index (χ1) is 11.1. The third-order valence-electron chi connectivity index (χ3n) is 3.71. The molecule has 1 aliphatic rings. The molecule has 2 atom stereocenters. The summed E-state index contributed by atoms with van der Waals surface area (Å²) in [6.07, 6.45) is -0.782. The molecule has 0 bridgehead atoms. The normalized spacial score (nSPS) is 20.7. The number of furan rings is 1. The highest BCUT2D eigenvalue weighted by atomic mass is 16.6. The molecule has 0 saturated carbocycles. The number of cyclic esters (lactones) is 1. The van der Waals surface area contributed by atoms with Gasteiger partial charge in [-0.2, -0.15) is 0 Å². The zero-order valence-corrected chi connectivity index (χ0v) is 13.0. The summed E-state index contributed by atoms with van der Waals surface area (Å²) in [6.45, 7) is 4.38. The van der Waals surface area contributed by atoms with E-state index in [9.17, 15) is 9.59 Å². The molecule has 0 aliphatic carbocycles. The van der Waals surface area contributed by atoms with E-state index in [1.54, 1.807) is 13.0 Å². The Kier molecular flexibility index (Phi) is 4.34. The van der Waals surface area contributed by atoms with E-state index < -0.39 is 18.0 Å². The Morgan fingerprint density at radius 1 is 1.35 bits per heavy atom. The van der Waals surface area contributed by atoms with Gasteiger partial charge in [0.05, 0.1) is 6.61 Å². The van der Waals surface area contributed by atoms with Crippen molar-refractivity contribution in [2.24, 2.45) is 0 Å². The van der Waals surface area contributed by atoms with Gasteiger partial charge in [-0.15, -0.1) is 0 Å².